The van der Waals surface area contributed by atoms with Crippen LogP contribution in [0, 0.1) is 0 Å². The predicted molar refractivity (Wildman–Crippen MR) is 69.9 cm³/mol. The van der Waals surface area contributed by atoms with Crippen LogP contribution in [-0.4, -0.2) is 29.0 Å². The van der Waals surface area contributed by atoms with Gasteiger partial charge in [-0.15, -0.1) is 0 Å². The van der Waals surface area contributed by atoms with E-state index < -0.39 is 0 Å². The topological polar surface area (TPSA) is 51.1 Å². The van der Waals surface area contributed by atoms with Crippen molar-refractivity contribution in [3.63, 3.8) is 0 Å². The molecular formula is C12H13ClN4O. The van der Waals surface area contributed by atoms with Crippen molar-refractivity contribution < 1.29 is 4.74 Å². The van der Waals surface area contributed by atoms with E-state index >= 15 is 0 Å². The average molecular weight is 265 g/mol. The van der Waals surface area contributed by atoms with Crippen LogP contribution in [0.1, 0.15) is 5.56 Å². The number of benzene rings is 1. The van der Waals surface area contributed by atoms with Crippen LogP contribution in [0.15, 0.2) is 30.3 Å². The summed E-state index contributed by atoms with van der Waals surface area (Å²) in [5, 5.41) is 0.122. The lowest BCUT2D eigenvalue weighted by Crippen LogP contribution is -2.14. The molecule has 1 heterocycles. The molecule has 0 saturated carbocycles. The minimum absolute atomic E-state index is 0.122. The monoisotopic (exact) mass is 264 g/mol. The largest absolute Gasteiger partial charge is 0.458 e. The first-order valence-corrected chi connectivity index (χ1v) is 5.78. The van der Waals surface area contributed by atoms with Gasteiger partial charge in [0.05, 0.1) is 0 Å². The Bertz CT molecular complexity index is 519. The van der Waals surface area contributed by atoms with E-state index in [1.54, 1.807) is 4.90 Å². The van der Waals surface area contributed by atoms with Gasteiger partial charge in [0.1, 0.15) is 6.61 Å². The lowest BCUT2D eigenvalue weighted by atomic mass is 10.2. The van der Waals surface area contributed by atoms with Crippen molar-refractivity contribution in [3.05, 3.63) is 41.2 Å². The molecule has 94 valence electrons. The van der Waals surface area contributed by atoms with Crippen molar-refractivity contribution in [3.8, 4) is 6.01 Å². The Kier molecular flexibility index (Phi) is 3.94. The summed E-state index contributed by atoms with van der Waals surface area (Å²) >= 11 is 5.81. The van der Waals surface area contributed by atoms with Gasteiger partial charge in [0.25, 0.3) is 0 Å². The maximum Gasteiger partial charge on any atom is 0.322 e. The van der Waals surface area contributed by atoms with Gasteiger partial charge >= 0.3 is 6.01 Å². The zero-order valence-electron chi connectivity index (χ0n) is 10.2. The molecule has 0 aliphatic carbocycles. The molecule has 0 spiro atoms. The second-order valence-corrected chi connectivity index (χ2v) is 4.19. The summed E-state index contributed by atoms with van der Waals surface area (Å²) in [6.45, 7) is 0.397. The first-order valence-electron chi connectivity index (χ1n) is 5.41. The van der Waals surface area contributed by atoms with Crippen LogP contribution < -0.4 is 9.64 Å². The van der Waals surface area contributed by atoms with Crippen LogP contribution in [0.2, 0.25) is 5.28 Å². The Labute approximate surface area is 110 Å². The zero-order chi connectivity index (χ0) is 13.0. The first-order chi connectivity index (χ1) is 8.65. The third kappa shape index (κ3) is 3.30. The van der Waals surface area contributed by atoms with Gasteiger partial charge in [0.15, 0.2) is 0 Å². The summed E-state index contributed by atoms with van der Waals surface area (Å²) in [6, 6.07) is 10.0. The maximum absolute atomic E-state index is 5.81. The fraction of sp³-hybridized carbons (Fsp3) is 0.250. The first kappa shape index (κ1) is 12.6. The van der Waals surface area contributed by atoms with Gasteiger partial charge in [-0.25, -0.2) is 0 Å². The molecule has 0 aliphatic heterocycles. The van der Waals surface area contributed by atoms with E-state index in [1.807, 2.05) is 44.4 Å². The molecule has 1 aromatic carbocycles. The molecule has 0 amide bonds. The molecule has 0 saturated heterocycles. The molecule has 1 aromatic heterocycles. The molecule has 0 radical (unpaired) electrons. The van der Waals surface area contributed by atoms with Crippen LogP contribution in [0.5, 0.6) is 6.01 Å². The van der Waals surface area contributed by atoms with Crippen LogP contribution >= 0.6 is 11.6 Å². The summed E-state index contributed by atoms with van der Waals surface area (Å²) in [5.74, 6) is 0.470. The van der Waals surface area contributed by atoms with Crippen molar-refractivity contribution >= 4 is 17.5 Å². The van der Waals surface area contributed by atoms with Gasteiger partial charge in [0.2, 0.25) is 11.2 Å². The summed E-state index contributed by atoms with van der Waals surface area (Å²) < 4.78 is 5.49. The lowest BCUT2D eigenvalue weighted by molar-refractivity contribution is 0.280. The number of hydrogen-bond donors (Lipinski definition) is 0. The van der Waals surface area contributed by atoms with Crippen molar-refractivity contribution in [2.24, 2.45) is 0 Å². The number of rotatable bonds is 4. The molecule has 0 atom stereocenters. The molecule has 0 bridgehead atoms. The van der Waals surface area contributed by atoms with E-state index in [-0.39, 0.29) is 11.3 Å². The minimum atomic E-state index is 0.122. The maximum atomic E-state index is 5.81. The Morgan fingerprint density at radius 3 is 2.50 bits per heavy atom. The van der Waals surface area contributed by atoms with E-state index in [0.29, 0.717) is 12.6 Å². The van der Waals surface area contributed by atoms with Gasteiger partial charge in [-0.1, -0.05) is 30.3 Å². The van der Waals surface area contributed by atoms with Gasteiger partial charge < -0.3 is 9.64 Å². The normalized spacial score (nSPS) is 10.2. The molecule has 2 rings (SSSR count). The average Bonchev–Trinajstić information content (AvgIpc) is 2.37. The Balaban J connectivity index is 2.10. The highest BCUT2D eigenvalue weighted by molar-refractivity contribution is 6.28. The molecule has 5 nitrogen and oxygen atoms in total. The smallest absolute Gasteiger partial charge is 0.322 e. The van der Waals surface area contributed by atoms with E-state index in [9.17, 15) is 0 Å². The molecule has 18 heavy (non-hydrogen) atoms. The summed E-state index contributed by atoms with van der Waals surface area (Å²) in [5.41, 5.74) is 1.04. The number of aromatic nitrogens is 3. The minimum Gasteiger partial charge on any atom is -0.458 e. The molecule has 2 aromatic rings. The molecular weight excluding hydrogens is 252 g/mol. The molecule has 0 fully saturated rings. The van der Waals surface area contributed by atoms with Gasteiger partial charge in [-0.05, 0) is 17.2 Å². The third-order valence-corrected chi connectivity index (χ3v) is 2.36. The van der Waals surface area contributed by atoms with Gasteiger partial charge in [0, 0.05) is 14.1 Å². The summed E-state index contributed by atoms with van der Waals surface area (Å²) in [6.07, 6.45) is 0. The standard InChI is InChI=1S/C12H13ClN4O/c1-17(2)11-14-10(13)15-12(16-11)18-8-9-6-4-3-5-7-9/h3-7H,8H2,1-2H3. The Morgan fingerprint density at radius 2 is 1.83 bits per heavy atom. The van der Waals surface area contributed by atoms with Crippen molar-refractivity contribution in [1.29, 1.82) is 0 Å². The summed E-state index contributed by atoms with van der Waals surface area (Å²) in [4.78, 5) is 13.8. The van der Waals surface area contributed by atoms with Crippen LogP contribution in [0.4, 0.5) is 5.95 Å². The van der Waals surface area contributed by atoms with E-state index in [0.717, 1.165) is 5.56 Å². The number of nitrogens with zero attached hydrogens (tertiary/aromatic N) is 4. The Morgan fingerprint density at radius 1 is 1.11 bits per heavy atom. The molecule has 0 aliphatic rings. The zero-order valence-corrected chi connectivity index (χ0v) is 10.9. The highest BCUT2D eigenvalue weighted by Crippen LogP contribution is 2.14. The van der Waals surface area contributed by atoms with Crippen molar-refractivity contribution in [2.45, 2.75) is 6.61 Å². The SMILES string of the molecule is CN(C)c1nc(Cl)nc(OCc2ccccc2)n1. The third-order valence-electron chi connectivity index (χ3n) is 2.19. The fourth-order valence-electron chi connectivity index (χ4n) is 1.31. The van der Waals surface area contributed by atoms with Crippen LogP contribution in [0.25, 0.3) is 0 Å². The quantitative estimate of drug-likeness (QED) is 0.847. The molecule has 0 unspecified atom stereocenters. The van der Waals surface area contributed by atoms with Gasteiger partial charge in [-0.2, -0.15) is 15.0 Å². The van der Waals surface area contributed by atoms with Crippen molar-refractivity contribution in [2.75, 3.05) is 19.0 Å². The van der Waals surface area contributed by atoms with E-state index in [1.165, 1.54) is 0 Å². The number of hydrogen-bond acceptors (Lipinski definition) is 5. The lowest BCUT2D eigenvalue weighted by Gasteiger charge is -2.11. The highest BCUT2D eigenvalue weighted by Gasteiger charge is 2.07. The van der Waals surface area contributed by atoms with Crippen molar-refractivity contribution in [1.82, 2.24) is 15.0 Å². The summed E-state index contributed by atoms with van der Waals surface area (Å²) in [7, 11) is 3.65. The second-order valence-electron chi connectivity index (χ2n) is 3.86. The molecule has 6 heteroatoms. The highest BCUT2D eigenvalue weighted by atomic mass is 35.5. The second kappa shape index (κ2) is 5.64. The van der Waals surface area contributed by atoms with Crippen LogP contribution in [-0.2, 0) is 6.61 Å². The van der Waals surface area contributed by atoms with E-state index in [4.69, 9.17) is 16.3 Å². The van der Waals surface area contributed by atoms with Gasteiger partial charge in [-0.3, -0.25) is 0 Å². The number of anilines is 1. The van der Waals surface area contributed by atoms with E-state index in [2.05, 4.69) is 15.0 Å². The predicted octanol–water partition coefficient (Wildman–Crippen LogP) is 2.17. The van der Waals surface area contributed by atoms with Crippen LogP contribution in [0.3, 0.4) is 0 Å². The number of ether oxygens (including phenoxy) is 1. The molecule has 0 N–H and O–H groups in total. The number of halogens is 1. The Hall–Kier alpha value is -1.88. The fourth-order valence-corrected chi connectivity index (χ4v) is 1.46.